The van der Waals surface area contributed by atoms with Crippen molar-refractivity contribution < 1.29 is 17.9 Å². The van der Waals surface area contributed by atoms with Crippen LogP contribution in [0.4, 0.5) is 0 Å². The summed E-state index contributed by atoms with van der Waals surface area (Å²) in [5.41, 5.74) is 5.96. The first-order chi connectivity index (χ1) is 7.99. The van der Waals surface area contributed by atoms with Crippen LogP contribution >= 0.6 is 0 Å². The van der Waals surface area contributed by atoms with Gasteiger partial charge in [-0.3, -0.25) is 0 Å². The Kier molecular flexibility index (Phi) is 3.77. The van der Waals surface area contributed by atoms with Gasteiger partial charge in [0.05, 0.1) is 24.2 Å². The lowest BCUT2D eigenvalue weighted by Crippen LogP contribution is -2.52. The third-order valence-corrected chi connectivity index (χ3v) is 6.03. The molecule has 2 rings (SSSR count). The smallest absolute Gasteiger partial charge is 0.169 e. The van der Waals surface area contributed by atoms with Crippen molar-refractivity contribution in [2.45, 2.75) is 49.7 Å². The standard InChI is InChI=1S/C11H21NO4S/c1-2-7-17(13,14)10-8-11(4-3-9(10)12)15-5-6-16-11/h9-10H,2-8,12H2,1H3. The largest absolute Gasteiger partial charge is 0.347 e. The van der Waals surface area contributed by atoms with Gasteiger partial charge in [-0.05, 0) is 12.8 Å². The van der Waals surface area contributed by atoms with E-state index >= 15 is 0 Å². The molecule has 0 bridgehead atoms. The fourth-order valence-corrected chi connectivity index (χ4v) is 4.77. The molecule has 5 nitrogen and oxygen atoms in total. The van der Waals surface area contributed by atoms with Crippen LogP contribution in [0.15, 0.2) is 0 Å². The molecule has 1 saturated heterocycles. The number of nitrogens with two attached hydrogens (primary N) is 1. The second-order valence-electron chi connectivity index (χ2n) is 4.92. The summed E-state index contributed by atoms with van der Waals surface area (Å²) in [5, 5.41) is -0.519. The van der Waals surface area contributed by atoms with Crippen molar-refractivity contribution in [1.82, 2.24) is 0 Å². The Balaban J connectivity index is 2.15. The lowest BCUT2D eigenvalue weighted by Gasteiger charge is -2.39. The van der Waals surface area contributed by atoms with E-state index in [2.05, 4.69) is 0 Å². The van der Waals surface area contributed by atoms with Gasteiger partial charge in [-0.25, -0.2) is 8.42 Å². The second kappa shape index (κ2) is 4.84. The van der Waals surface area contributed by atoms with Gasteiger partial charge in [0, 0.05) is 18.9 Å². The molecule has 1 saturated carbocycles. The molecule has 100 valence electrons. The fourth-order valence-electron chi connectivity index (χ4n) is 2.72. The van der Waals surface area contributed by atoms with Gasteiger partial charge in [0.15, 0.2) is 15.6 Å². The summed E-state index contributed by atoms with van der Waals surface area (Å²) in [6.45, 7) is 2.97. The van der Waals surface area contributed by atoms with Gasteiger partial charge >= 0.3 is 0 Å². The zero-order chi connectivity index (χ0) is 12.5. The molecule has 0 aromatic carbocycles. The van der Waals surface area contributed by atoms with Crippen LogP contribution in [-0.4, -0.2) is 44.5 Å². The Morgan fingerprint density at radius 1 is 1.35 bits per heavy atom. The van der Waals surface area contributed by atoms with Gasteiger partial charge in [-0.15, -0.1) is 0 Å². The van der Waals surface area contributed by atoms with E-state index in [-0.39, 0.29) is 11.8 Å². The van der Waals surface area contributed by atoms with Gasteiger partial charge in [-0.2, -0.15) is 0 Å². The molecule has 1 aliphatic carbocycles. The number of rotatable bonds is 3. The number of ether oxygens (including phenoxy) is 2. The Morgan fingerprint density at radius 2 is 2.00 bits per heavy atom. The molecule has 0 amide bonds. The highest BCUT2D eigenvalue weighted by molar-refractivity contribution is 7.92. The monoisotopic (exact) mass is 263 g/mol. The lowest BCUT2D eigenvalue weighted by molar-refractivity contribution is -0.177. The Hall–Kier alpha value is -0.170. The molecule has 1 heterocycles. The summed E-state index contributed by atoms with van der Waals surface area (Å²) < 4.78 is 35.5. The first-order valence-electron chi connectivity index (χ1n) is 6.24. The SMILES string of the molecule is CCCS(=O)(=O)C1CC2(CCC1N)OCCO2. The van der Waals surface area contributed by atoms with E-state index in [4.69, 9.17) is 15.2 Å². The van der Waals surface area contributed by atoms with E-state index in [1.165, 1.54) is 0 Å². The average Bonchev–Trinajstić information content (AvgIpc) is 2.71. The van der Waals surface area contributed by atoms with Crippen molar-refractivity contribution in [2.75, 3.05) is 19.0 Å². The number of sulfone groups is 1. The van der Waals surface area contributed by atoms with Crippen molar-refractivity contribution >= 4 is 9.84 Å². The maximum atomic E-state index is 12.1. The fraction of sp³-hybridized carbons (Fsp3) is 1.00. The van der Waals surface area contributed by atoms with Crippen LogP contribution in [0.3, 0.4) is 0 Å². The molecular weight excluding hydrogens is 242 g/mol. The molecule has 2 unspecified atom stereocenters. The topological polar surface area (TPSA) is 78.6 Å². The molecule has 0 radical (unpaired) electrons. The van der Waals surface area contributed by atoms with Crippen LogP contribution in [0.25, 0.3) is 0 Å². The Morgan fingerprint density at radius 3 is 2.59 bits per heavy atom. The molecule has 0 aromatic heterocycles. The molecule has 2 aliphatic rings. The predicted octanol–water partition coefficient (Wildman–Crippen LogP) is 0.434. The maximum Gasteiger partial charge on any atom is 0.169 e. The minimum absolute atomic E-state index is 0.196. The van der Waals surface area contributed by atoms with Gasteiger partial charge < -0.3 is 15.2 Å². The molecule has 6 heteroatoms. The normalized spacial score (nSPS) is 33.1. The first-order valence-corrected chi connectivity index (χ1v) is 7.96. The zero-order valence-electron chi connectivity index (χ0n) is 10.2. The summed E-state index contributed by atoms with van der Waals surface area (Å²) in [5.74, 6) is -0.483. The molecule has 2 fully saturated rings. The van der Waals surface area contributed by atoms with E-state index in [9.17, 15) is 8.42 Å². The summed E-state index contributed by atoms with van der Waals surface area (Å²) in [4.78, 5) is 0. The molecule has 1 aliphatic heterocycles. The third-order valence-electron chi connectivity index (χ3n) is 3.61. The molecular formula is C11H21NO4S. The Labute approximate surface area is 103 Å². The summed E-state index contributed by atoms with van der Waals surface area (Å²) in [6, 6.07) is -0.287. The van der Waals surface area contributed by atoms with Crippen LogP contribution in [0.2, 0.25) is 0 Å². The third kappa shape index (κ3) is 2.65. The molecule has 1 spiro atoms. The van der Waals surface area contributed by atoms with Crippen LogP contribution in [0.5, 0.6) is 0 Å². The van der Waals surface area contributed by atoms with E-state index in [0.717, 1.165) is 0 Å². The van der Waals surface area contributed by atoms with E-state index in [1.807, 2.05) is 6.92 Å². The van der Waals surface area contributed by atoms with E-state index < -0.39 is 20.9 Å². The van der Waals surface area contributed by atoms with Crippen LogP contribution in [0, 0.1) is 0 Å². The quantitative estimate of drug-likeness (QED) is 0.799. The van der Waals surface area contributed by atoms with Gasteiger partial charge in [0.25, 0.3) is 0 Å². The average molecular weight is 263 g/mol. The van der Waals surface area contributed by atoms with Crippen LogP contribution in [-0.2, 0) is 19.3 Å². The maximum absolute atomic E-state index is 12.1. The van der Waals surface area contributed by atoms with Gasteiger partial charge in [0.2, 0.25) is 0 Å². The lowest BCUT2D eigenvalue weighted by atomic mass is 9.90. The van der Waals surface area contributed by atoms with Gasteiger partial charge in [-0.1, -0.05) is 6.92 Å². The highest BCUT2D eigenvalue weighted by Gasteiger charge is 2.48. The van der Waals surface area contributed by atoms with Crippen molar-refractivity contribution in [3.8, 4) is 0 Å². The highest BCUT2D eigenvalue weighted by atomic mass is 32.2. The zero-order valence-corrected chi connectivity index (χ0v) is 11.0. The number of hydrogen-bond acceptors (Lipinski definition) is 5. The molecule has 2 N–H and O–H groups in total. The highest BCUT2D eigenvalue weighted by Crippen LogP contribution is 2.38. The first kappa shape index (κ1) is 13.3. The predicted molar refractivity (Wildman–Crippen MR) is 64.3 cm³/mol. The summed E-state index contributed by atoms with van der Waals surface area (Å²) in [7, 11) is -3.13. The van der Waals surface area contributed by atoms with Crippen molar-refractivity contribution in [3.05, 3.63) is 0 Å². The minimum Gasteiger partial charge on any atom is -0.347 e. The summed E-state index contributed by atoms with van der Waals surface area (Å²) >= 11 is 0. The van der Waals surface area contributed by atoms with Crippen molar-refractivity contribution in [1.29, 1.82) is 0 Å². The second-order valence-corrected chi connectivity index (χ2v) is 7.26. The van der Waals surface area contributed by atoms with Crippen LogP contribution in [0.1, 0.15) is 32.6 Å². The van der Waals surface area contributed by atoms with Crippen molar-refractivity contribution in [2.24, 2.45) is 5.73 Å². The van der Waals surface area contributed by atoms with Crippen LogP contribution < -0.4 is 5.73 Å². The van der Waals surface area contributed by atoms with Crippen molar-refractivity contribution in [3.63, 3.8) is 0 Å². The molecule has 17 heavy (non-hydrogen) atoms. The van der Waals surface area contributed by atoms with E-state index in [0.29, 0.717) is 38.9 Å². The minimum atomic E-state index is -3.13. The number of hydrogen-bond donors (Lipinski definition) is 1. The molecule has 0 aromatic rings. The van der Waals surface area contributed by atoms with E-state index in [1.54, 1.807) is 0 Å². The Bertz CT molecular complexity index is 362. The van der Waals surface area contributed by atoms with Gasteiger partial charge in [0.1, 0.15) is 0 Å². The summed E-state index contributed by atoms with van der Waals surface area (Å²) in [6.07, 6.45) is 2.36. The molecule has 2 atom stereocenters.